The van der Waals surface area contributed by atoms with Gasteiger partial charge in [0.05, 0.1) is 23.2 Å². The van der Waals surface area contributed by atoms with Gasteiger partial charge in [0.1, 0.15) is 0 Å². The van der Waals surface area contributed by atoms with Crippen LogP contribution in [-0.4, -0.2) is 10.9 Å². The van der Waals surface area contributed by atoms with Crippen molar-refractivity contribution < 1.29 is 18.0 Å². The molecule has 1 fully saturated rings. The van der Waals surface area contributed by atoms with Crippen LogP contribution in [0.5, 0.6) is 0 Å². The van der Waals surface area contributed by atoms with Crippen LogP contribution in [0.3, 0.4) is 0 Å². The van der Waals surface area contributed by atoms with Crippen molar-refractivity contribution in [2.45, 2.75) is 38.1 Å². The molecule has 4 nitrogen and oxygen atoms in total. The summed E-state index contributed by atoms with van der Waals surface area (Å²) in [4.78, 5) is 14.4. The maximum Gasteiger partial charge on any atom is 0.416 e. The molecule has 1 heterocycles. The van der Waals surface area contributed by atoms with Gasteiger partial charge in [-0.15, -0.1) is 0 Å². The Balaban J connectivity index is 1.51. The van der Waals surface area contributed by atoms with Crippen molar-refractivity contribution in [1.29, 1.82) is 5.26 Å². The van der Waals surface area contributed by atoms with Crippen LogP contribution >= 0.6 is 0 Å². The van der Waals surface area contributed by atoms with Gasteiger partial charge in [-0.2, -0.15) is 18.4 Å². The fourth-order valence-electron chi connectivity index (χ4n) is 3.64. The first-order valence-electron chi connectivity index (χ1n) is 9.09. The predicted octanol–water partition coefficient (Wildman–Crippen LogP) is 4.75. The van der Waals surface area contributed by atoms with E-state index >= 15 is 0 Å². The Kier molecular flexibility index (Phi) is 4.50. The van der Waals surface area contributed by atoms with Gasteiger partial charge >= 0.3 is 12.2 Å². The number of amides is 2. The van der Waals surface area contributed by atoms with Gasteiger partial charge in [0.15, 0.2) is 0 Å². The minimum Gasteiger partial charge on any atom is -0.331 e. The van der Waals surface area contributed by atoms with E-state index in [1.54, 1.807) is 23.1 Å². The molecule has 1 N–H and O–H groups in total. The molecule has 2 aromatic carbocycles. The fourth-order valence-corrected chi connectivity index (χ4v) is 3.64. The second-order valence-electron chi connectivity index (χ2n) is 7.34. The molecule has 2 amide bonds. The molecule has 1 atom stereocenters. The van der Waals surface area contributed by atoms with Crippen molar-refractivity contribution >= 4 is 6.03 Å². The van der Waals surface area contributed by atoms with Crippen LogP contribution in [0.2, 0.25) is 0 Å². The molecule has 1 saturated carbocycles. The minimum absolute atomic E-state index is 0.155. The smallest absolute Gasteiger partial charge is 0.331 e. The van der Waals surface area contributed by atoms with E-state index in [0.717, 1.165) is 36.1 Å². The summed E-state index contributed by atoms with van der Waals surface area (Å²) in [5, 5.41) is 11.9. The zero-order valence-corrected chi connectivity index (χ0v) is 15.0. The molecule has 144 valence electrons. The standard InChI is InChI=1S/C21H18F3N3O/c22-21(23,24)18-3-1-2-15(9-18)19(14-6-7-14)26-20(28)27-11-16-5-4-13(10-25)8-17(16)12-27/h1-5,8-9,14,19H,6-7,11-12H2,(H,26,28). The largest absolute Gasteiger partial charge is 0.416 e. The molecule has 0 bridgehead atoms. The number of benzene rings is 2. The van der Waals surface area contributed by atoms with Gasteiger partial charge in [-0.25, -0.2) is 4.79 Å². The summed E-state index contributed by atoms with van der Waals surface area (Å²) in [5.41, 5.74) is 2.23. The maximum atomic E-state index is 13.1. The van der Waals surface area contributed by atoms with E-state index < -0.39 is 17.8 Å². The number of hydrogen-bond donors (Lipinski definition) is 1. The van der Waals surface area contributed by atoms with E-state index in [2.05, 4.69) is 11.4 Å². The lowest BCUT2D eigenvalue weighted by atomic mass is 10.00. The summed E-state index contributed by atoms with van der Waals surface area (Å²) in [6.07, 6.45) is -2.65. The third-order valence-corrected chi connectivity index (χ3v) is 5.29. The van der Waals surface area contributed by atoms with Crippen LogP contribution in [0.25, 0.3) is 0 Å². The highest BCUT2D eigenvalue weighted by molar-refractivity contribution is 5.76. The number of alkyl halides is 3. The van der Waals surface area contributed by atoms with Gasteiger partial charge in [0.2, 0.25) is 0 Å². The highest BCUT2D eigenvalue weighted by Crippen LogP contribution is 2.42. The van der Waals surface area contributed by atoms with Crippen LogP contribution in [-0.2, 0) is 19.3 Å². The third-order valence-electron chi connectivity index (χ3n) is 5.29. The molecule has 1 unspecified atom stereocenters. The number of hydrogen-bond acceptors (Lipinski definition) is 2. The Morgan fingerprint density at radius 1 is 1.14 bits per heavy atom. The van der Waals surface area contributed by atoms with E-state index in [4.69, 9.17) is 5.26 Å². The number of carbonyl (C=O) groups excluding carboxylic acids is 1. The van der Waals surface area contributed by atoms with Crippen molar-refractivity contribution in [3.05, 3.63) is 70.3 Å². The average Bonchev–Trinajstić information content (AvgIpc) is 3.42. The Bertz CT molecular complexity index is 960. The van der Waals surface area contributed by atoms with Gasteiger partial charge in [-0.3, -0.25) is 0 Å². The predicted molar refractivity (Wildman–Crippen MR) is 95.8 cm³/mol. The van der Waals surface area contributed by atoms with Crippen molar-refractivity contribution in [1.82, 2.24) is 10.2 Å². The molecule has 0 saturated heterocycles. The van der Waals surface area contributed by atoms with Crippen LogP contribution in [0, 0.1) is 17.2 Å². The summed E-state index contributed by atoms with van der Waals surface area (Å²) in [5.74, 6) is 0.155. The molecule has 7 heteroatoms. The SMILES string of the molecule is N#Cc1ccc2c(c1)CN(C(=O)NC(c1cccc(C(F)(F)F)c1)C1CC1)C2. The second kappa shape index (κ2) is 6.86. The number of urea groups is 1. The molecule has 2 aromatic rings. The second-order valence-corrected chi connectivity index (χ2v) is 7.34. The molecule has 1 aliphatic carbocycles. The van der Waals surface area contributed by atoms with Crippen LogP contribution in [0.1, 0.15) is 46.7 Å². The molecule has 0 radical (unpaired) electrons. The summed E-state index contributed by atoms with van der Waals surface area (Å²) < 4.78 is 39.2. The minimum atomic E-state index is -4.41. The molecule has 1 aliphatic heterocycles. The first-order valence-corrected chi connectivity index (χ1v) is 9.09. The van der Waals surface area contributed by atoms with E-state index in [1.807, 2.05) is 6.07 Å². The van der Waals surface area contributed by atoms with Crippen molar-refractivity contribution in [3.8, 4) is 6.07 Å². The quantitative estimate of drug-likeness (QED) is 0.829. The monoisotopic (exact) mass is 385 g/mol. The number of rotatable bonds is 3. The molecule has 0 aromatic heterocycles. The number of nitrogens with zero attached hydrogens (tertiary/aromatic N) is 2. The van der Waals surface area contributed by atoms with E-state index in [0.29, 0.717) is 24.2 Å². The first kappa shape index (κ1) is 18.4. The van der Waals surface area contributed by atoms with Gasteiger partial charge in [-0.05, 0) is 59.7 Å². The lowest BCUT2D eigenvalue weighted by Gasteiger charge is -2.24. The third kappa shape index (κ3) is 3.68. The first-order chi connectivity index (χ1) is 13.3. The molecule has 4 rings (SSSR count). The number of halogens is 3. The van der Waals surface area contributed by atoms with Gasteiger partial charge in [0, 0.05) is 13.1 Å². The van der Waals surface area contributed by atoms with Gasteiger partial charge in [-0.1, -0.05) is 18.2 Å². The Morgan fingerprint density at radius 2 is 1.89 bits per heavy atom. The van der Waals surface area contributed by atoms with E-state index in [9.17, 15) is 18.0 Å². The zero-order valence-electron chi connectivity index (χ0n) is 15.0. The number of carbonyl (C=O) groups is 1. The fraction of sp³-hybridized carbons (Fsp3) is 0.333. The van der Waals surface area contributed by atoms with E-state index in [-0.39, 0.29) is 11.9 Å². The van der Waals surface area contributed by atoms with Crippen LogP contribution < -0.4 is 5.32 Å². The molecular weight excluding hydrogens is 367 g/mol. The summed E-state index contributed by atoms with van der Waals surface area (Å²) in [6.45, 7) is 0.809. The van der Waals surface area contributed by atoms with Crippen LogP contribution in [0.4, 0.5) is 18.0 Å². The number of fused-ring (bicyclic) bond motifs is 1. The Labute approximate surface area is 160 Å². The molecule has 0 spiro atoms. The normalized spacial score (nSPS) is 17.0. The zero-order chi connectivity index (χ0) is 19.9. The van der Waals surface area contributed by atoms with Gasteiger partial charge in [0.25, 0.3) is 0 Å². The van der Waals surface area contributed by atoms with Crippen LogP contribution in [0.15, 0.2) is 42.5 Å². The van der Waals surface area contributed by atoms with Crippen molar-refractivity contribution in [2.75, 3.05) is 0 Å². The molecular formula is C21H18F3N3O. The number of nitriles is 1. The highest BCUT2D eigenvalue weighted by Gasteiger charge is 2.37. The topological polar surface area (TPSA) is 56.1 Å². The highest BCUT2D eigenvalue weighted by atomic mass is 19.4. The maximum absolute atomic E-state index is 13.1. The summed E-state index contributed by atoms with van der Waals surface area (Å²) >= 11 is 0. The molecule has 28 heavy (non-hydrogen) atoms. The van der Waals surface area contributed by atoms with Gasteiger partial charge < -0.3 is 10.2 Å². The molecule has 2 aliphatic rings. The number of nitrogens with one attached hydrogen (secondary N) is 1. The lowest BCUT2D eigenvalue weighted by molar-refractivity contribution is -0.137. The Morgan fingerprint density at radius 3 is 2.57 bits per heavy atom. The van der Waals surface area contributed by atoms with Crippen molar-refractivity contribution in [3.63, 3.8) is 0 Å². The van der Waals surface area contributed by atoms with Crippen molar-refractivity contribution in [2.24, 2.45) is 5.92 Å². The Hall–Kier alpha value is -3.01. The summed E-state index contributed by atoms with van der Waals surface area (Å²) in [6, 6.07) is 11.9. The summed E-state index contributed by atoms with van der Waals surface area (Å²) in [7, 11) is 0. The van der Waals surface area contributed by atoms with E-state index in [1.165, 1.54) is 6.07 Å². The average molecular weight is 385 g/mol. The lowest BCUT2D eigenvalue weighted by Crippen LogP contribution is -2.39.